The van der Waals surface area contributed by atoms with Crippen molar-refractivity contribution in [3.8, 4) is 0 Å². The van der Waals surface area contributed by atoms with Gasteiger partial charge in [-0.2, -0.15) is 0 Å². The molecule has 364 valence electrons. The Hall–Kier alpha value is -1.77. The molecule has 0 radical (unpaired) electrons. The molecule has 0 aliphatic carbocycles. The van der Waals surface area contributed by atoms with Gasteiger partial charge in [-0.3, -0.25) is 18.6 Å². The molecule has 62 heavy (non-hydrogen) atoms. The van der Waals surface area contributed by atoms with Crippen molar-refractivity contribution < 1.29 is 37.6 Å². The molecule has 0 bridgehead atoms. The van der Waals surface area contributed by atoms with Crippen LogP contribution in [0, 0.1) is 0 Å². The molecule has 0 aliphatic heterocycles. The van der Waals surface area contributed by atoms with Crippen molar-refractivity contribution in [1.82, 2.24) is 0 Å². The van der Waals surface area contributed by atoms with Crippen LogP contribution in [0.3, 0.4) is 0 Å². The summed E-state index contributed by atoms with van der Waals surface area (Å²) in [5.74, 6) is -0.832. The van der Waals surface area contributed by atoms with Crippen LogP contribution >= 0.6 is 7.82 Å². The van der Waals surface area contributed by atoms with Crippen LogP contribution in [0.5, 0.6) is 0 Å². The van der Waals surface area contributed by atoms with E-state index in [1.54, 1.807) is 0 Å². The highest BCUT2D eigenvalue weighted by Crippen LogP contribution is 2.43. The molecule has 0 heterocycles. The zero-order chi connectivity index (χ0) is 45.3. The lowest BCUT2D eigenvalue weighted by Gasteiger charge is -2.19. The maximum Gasteiger partial charge on any atom is 0.472 e. The molecule has 0 saturated carbocycles. The quantitative estimate of drug-likeness (QED) is 0.0265. The van der Waals surface area contributed by atoms with Crippen molar-refractivity contribution in [2.24, 2.45) is 5.73 Å². The second-order valence-electron chi connectivity index (χ2n) is 17.4. The molecular weight excluding hydrogens is 798 g/mol. The van der Waals surface area contributed by atoms with E-state index in [0.717, 1.165) is 70.6 Å². The molecule has 0 spiro atoms. The summed E-state index contributed by atoms with van der Waals surface area (Å²) >= 11 is 0. The first-order chi connectivity index (χ1) is 30.3. The van der Waals surface area contributed by atoms with Gasteiger partial charge in [-0.25, -0.2) is 4.57 Å². The smallest absolute Gasteiger partial charge is 0.462 e. The van der Waals surface area contributed by atoms with E-state index >= 15 is 0 Å². The number of phosphoric ester groups is 1. The number of unbranched alkanes of at least 4 members (excludes halogenated alkanes) is 30. The van der Waals surface area contributed by atoms with Crippen molar-refractivity contribution >= 4 is 19.8 Å². The van der Waals surface area contributed by atoms with E-state index < -0.39 is 26.5 Å². The van der Waals surface area contributed by atoms with Crippen LogP contribution in [0.2, 0.25) is 0 Å². The number of esters is 2. The highest BCUT2D eigenvalue weighted by atomic mass is 31.2. The topological polar surface area (TPSA) is 134 Å². The van der Waals surface area contributed by atoms with Crippen LogP contribution in [0.4, 0.5) is 0 Å². The van der Waals surface area contributed by atoms with Crippen LogP contribution in [0.1, 0.15) is 251 Å². The molecule has 0 saturated heterocycles. The van der Waals surface area contributed by atoms with E-state index in [2.05, 4.69) is 50.3 Å². The Kier molecular flexibility index (Phi) is 47.3. The molecule has 0 fully saturated rings. The average molecular weight is 896 g/mol. The number of carbonyl (C=O) groups excluding carboxylic acids is 2. The highest BCUT2D eigenvalue weighted by Gasteiger charge is 2.26. The van der Waals surface area contributed by atoms with Crippen LogP contribution in [0.15, 0.2) is 36.5 Å². The van der Waals surface area contributed by atoms with Gasteiger partial charge in [0.2, 0.25) is 0 Å². The van der Waals surface area contributed by atoms with E-state index in [9.17, 15) is 19.0 Å². The van der Waals surface area contributed by atoms with Crippen LogP contribution < -0.4 is 5.73 Å². The average Bonchev–Trinajstić information content (AvgIpc) is 3.26. The molecule has 0 aliphatic rings. The second kappa shape index (κ2) is 48.7. The number of phosphoric acid groups is 1. The fourth-order valence-corrected chi connectivity index (χ4v) is 8.17. The Labute approximate surface area is 382 Å². The Morgan fingerprint density at radius 3 is 1.27 bits per heavy atom. The van der Waals surface area contributed by atoms with Crippen LogP contribution in [0.25, 0.3) is 0 Å². The standard InChI is InChI=1S/C52H98NO8P/c1-3-5-7-9-11-13-15-17-19-21-23-24-25-27-28-30-32-34-36-38-40-42-44-51(54)58-48-50(49-60-62(56,57)59-47-46-53)61-52(55)45-43-41-39-37-35-33-31-29-26-22-20-18-16-14-12-10-8-6-4-2/h12,14,18,20,26,29,50H,3-11,13,15-17,19,21-25,27-28,30-49,53H2,1-2H3,(H,56,57)/b14-12-,20-18-,29-26-. The number of carbonyl (C=O) groups is 2. The fraction of sp³-hybridized carbons (Fsp3) is 0.846. The molecule has 0 amide bonds. The number of hydrogen-bond acceptors (Lipinski definition) is 8. The Morgan fingerprint density at radius 1 is 0.484 bits per heavy atom. The van der Waals surface area contributed by atoms with Gasteiger partial charge in [0.15, 0.2) is 6.10 Å². The third kappa shape index (κ3) is 47.7. The van der Waals surface area contributed by atoms with Gasteiger partial charge in [0.05, 0.1) is 13.2 Å². The first kappa shape index (κ1) is 60.2. The maximum atomic E-state index is 12.6. The van der Waals surface area contributed by atoms with Crippen molar-refractivity contribution in [3.05, 3.63) is 36.5 Å². The van der Waals surface area contributed by atoms with Crippen molar-refractivity contribution in [2.45, 2.75) is 258 Å². The van der Waals surface area contributed by atoms with E-state index in [0.29, 0.717) is 6.42 Å². The molecular formula is C52H98NO8P. The summed E-state index contributed by atoms with van der Waals surface area (Å²) in [6.45, 7) is 3.73. The largest absolute Gasteiger partial charge is 0.472 e. The number of rotatable bonds is 49. The van der Waals surface area contributed by atoms with Gasteiger partial charge in [-0.1, -0.05) is 224 Å². The van der Waals surface area contributed by atoms with Crippen molar-refractivity contribution in [3.63, 3.8) is 0 Å². The summed E-state index contributed by atoms with van der Waals surface area (Å²) in [4.78, 5) is 35.1. The molecule has 10 heteroatoms. The Balaban J connectivity index is 4.03. The minimum atomic E-state index is -4.38. The van der Waals surface area contributed by atoms with Crippen LogP contribution in [-0.4, -0.2) is 49.3 Å². The lowest BCUT2D eigenvalue weighted by molar-refractivity contribution is -0.161. The summed E-state index contributed by atoms with van der Waals surface area (Å²) in [5, 5.41) is 0. The molecule has 0 aromatic rings. The lowest BCUT2D eigenvalue weighted by Crippen LogP contribution is -2.29. The SMILES string of the molecule is CCCCC/C=C\C/C=C\C/C=C\CCCCCCCCC(=O)OC(COC(=O)CCCCCCCCCCCCCCCCCCCCCCCC)COP(=O)(O)OCCN. The number of hydrogen-bond donors (Lipinski definition) is 2. The summed E-state index contributed by atoms with van der Waals surface area (Å²) in [7, 11) is -4.38. The first-order valence-corrected chi connectivity index (χ1v) is 27.5. The van der Waals surface area contributed by atoms with Gasteiger partial charge in [0.1, 0.15) is 6.61 Å². The number of allylic oxidation sites excluding steroid dienone is 6. The number of ether oxygens (including phenoxy) is 2. The van der Waals surface area contributed by atoms with E-state index in [1.807, 2.05) is 0 Å². The Bertz CT molecular complexity index is 1110. The molecule has 0 aromatic heterocycles. The van der Waals surface area contributed by atoms with Gasteiger partial charge < -0.3 is 20.1 Å². The molecule has 0 rings (SSSR count). The minimum Gasteiger partial charge on any atom is -0.462 e. The molecule has 3 N–H and O–H groups in total. The third-order valence-corrected chi connectivity index (χ3v) is 12.3. The van der Waals surface area contributed by atoms with E-state index in [4.69, 9.17) is 24.3 Å². The van der Waals surface area contributed by atoms with Gasteiger partial charge in [0, 0.05) is 19.4 Å². The summed E-state index contributed by atoms with van der Waals surface area (Å²) in [6.07, 6.45) is 56.1. The summed E-state index contributed by atoms with van der Waals surface area (Å²) in [5.41, 5.74) is 5.37. The van der Waals surface area contributed by atoms with Gasteiger partial charge in [-0.05, 0) is 51.4 Å². The van der Waals surface area contributed by atoms with Crippen molar-refractivity contribution in [2.75, 3.05) is 26.4 Å². The normalized spacial score (nSPS) is 13.4. The maximum absolute atomic E-state index is 12.6. The van der Waals surface area contributed by atoms with Gasteiger partial charge >= 0.3 is 19.8 Å². The van der Waals surface area contributed by atoms with Gasteiger partial charge in [-0.15, -0.1) is 0 Å². The van der Waals surface area contributed by atoms with Gasteiger partial charge in [0.25, 0.3) is 0 Å². The fourth-order valence-electron chi connectivity index (χ4n) is 7.41. The van der Waals surface area contributed by atoms with Crippen LogP contribution in [-0.2, 0) is 32.7 Å². The lowest BCUT2D eigenvalue weighted by atomic mass is 10.0. The highest BCUT2D eigenvalue weighted by molar-refractivity contribution is 7.47. The minimum absolute atomic E-state index is 0.0517. The molecule has 9 nitrogen and oxygen atoms in total. The van der Waals surface area contributed by atoms with Crippen molar-refractivity contribution in [1.29, 1.82) is 0 Å². The molecule has 2 unspecified atom stereocenters. The predicted octanol–water partition coefficient (Wildman–Crippen LogP) is 15.7. The van der Waals surface area contributed by atoms with E-state index in [-0.39, 0.29) is 38.6 Å². The predicted molar refractivity (Wildman–Crippen MR) is 261 cm³/mol. The second-order valence-corrected chi connectivity index (χ2v) is 18.9. The Morgan fingerprint density at radius 2 is 0.839 bits per heavy atom. The van der Waals surface area contributed by atoms with E-state index in [1.165, 1.54) is 148 Å². The third-order valence-electron chi connectivity index (χ3n) is 11.3. The zero-order valence-corrected chi connectivity index (χ0v) is 41.3. The summed E-state index contributed by atoms with van der Waals surface area (Å²) in [6, 6.07) is 0. The first-order valence-electron chi connectivity index (χ1n) is 26.0. The summed E-state index contributed by atoms with van der Waals surface area (Å²) < 4.78 is 32.9. The molecule has 2 atom stereocenters. The molecule has 0 aromatic carbocycles. The number of nitrogens with two attached hydrogens (primary N) is 1. The zero-order valence-electron chi connectivity index (χ0n) is 40.4. The monoisotopic (exact) mass is 896 g/mol.